The average molecular weight is 294 g/mol. The Bertz CT molecular complexity index is 776. The molecule has 0 fully saturated rings. The molecule has 0 saturated heterocycles. The van der Waals surface area contributed by atoms with E-state index < -0.39 is 11.6 Å². The van der Waals surface area contributed by atoms with E-state index in [1.54, 1.807) is 0 Å². The topological polar surface area (TPSA) is 91.5 Å². The second-order valence-electron chi connectivity index (χ2n) is 4.92. The van der Waals surface area contributed by atoms with E-state index in [-0.39, 0.29) is 12.2 Å². The third-order valence-corrected chi connectivity index (χ3v) is 3.27. The van der Waals surface area contributed by atoms with Gasteiger partial charge in [0.05, 0.1) is 6.42 Å². The van der Waals surface area contributed by atoms with Gasteiger partial charge < -0.3 is 4.98 Å². The van der Waals surface area contributed by atoms with Crippen LogP contribution in [-0.2, 0) is 17.6 Å². The highest BCUT2D eigenvalue weighted by atomic mass is 16.2. The number of Topliss-reactive ketones (excluding diaryl/α,β-unsaturated/α-hetero) is 2. The van der Waals surface area contributed by atoms with E-state index in [0.29, 0.717) is 5.69 Å². The highest BCUT2D eigenvalue weighted by Gasteiger charge is 2.20. The summed E-state index contributed by atoms with van der Waals surface area (Å²) < 4.78 is 0. The first-order chi connectivity index (χ1) is 10.7. The van der Waals surface area contributed by atoms with Crippen molar-refractivity contribution in [2.24, 2.45) is 0 Å². The first kappa shape index (κ1) is 13.9. The molecule has 3 aromatic rings. The Labute approximate surface area is 126 Å². The molecule has 0 radical (unpaired) electrons. The van der Waals surface area contributed by atoms with E-state index in [0.717, 1.165) is 12.1 Å². The molecule has 1 aromatic carbocycles. The second-order valence-corrected chi connectivity index (χ2v) is 4.92. The van der Waals surface area contributed by atoms with Gasteiger partial charge in [-0.1, -0.05) is 30.3 Å². The number of H-pyrrole nitrogens is 2. The molecule has 2 N–H and O–H groups in total. The van der Waals surface area contributed by atoms with Crippen molar-refractivity contribution in [2.75, 3.05) is 0 Å². The number of carbonyl (C=O) groups excluding carboxylic acids is 2. The Hall–Kier alpha value is -3.02. The molecular formula is C16H14N4O2. The fraction of sp³-hybridized carbons (Fsp3) is 0.125. The molecule has 22 heavy (non-hydrogen) atoms. The maximum absolute atomic E-state index is 11.9. The molecule has 3 rings (SSSR count). The van der Waals surface area contributed by atoms with Crippen molar-refractivity contribution in [2.45, 2.75) is 12.8 Å². The molecule has 6 heteroatoms. The third kappa shape index (κ3) is 3.17. The smallest absolute Gasteiger partial charge is 0.267 e. The zero-order valence-corrected chi connectivity index (χ0v) is 11.7. The molecule has 2 heterocycles. The lowest BCUT2D eigenvalue weighted by molar-refractivity contribution is -0.114. The summed E-state index contributed by atoms with van der Waals surface area (Å²) in [4.78, 5) is 30.6. The van der Waals surface area contributed by atoms with Crippen molar-refractivity contribution in [1.29, 1.82) is 0 Å². The number of hydrogen-bond donors (Lipinski definition) is 2. The van der Waals surface area contributed by atoms with Gasteiger partial charge in [-0.15, -0.1) is 5.10 Å². The minimum Gasteiger partial charge on any atom is -0.362 e. The molecule has 0 spiro atoms. The fourth-order valence-electron chi connectivity index (χ4n) is 2.21. The maximum atomic E-state index is 11.9. The van der Waals surface area contributed by atoms with Gasteiger partial charge in [-0.3, -0.25) is 14.7 Å². The lowest BCUT2D eigenvalue weighted by Crippen LogP contribution is -2.18. The third-order valence-electron chi connectivity index (χ3n) is 3.27. The summed E-state index contributed by atoms with van der Waals surface area (Å²) in [5.41, 5.74) is 2.89. The van der Waals surface area contributed by atoms with E-state index in [4.69, 9.17) is 0 Å². The summed E-state index contributed by atoms with van der Waals surface area (Å²) in [5.74, 6) is -1.31. The highest BCUT2D eigenvalue weighted by molar-refractivity contribution is 6.43. The molecule has 0 aliphatic heterocycles. The van der Waals surface area contributed by atoms with Crippen LogP contribution in [0.25, 0.3) is 0 Å². The van der Waals surface area contributed by atoms with E-state index >= 15 is 0 Å². The molecule has 0 amide bonds. The van der Waals surface area contributed by atoms with Gasteiger partial charge in [0.15, 0.2) is 0 Å². The normalized spacial score (nSPS) is 10.5. The number of aromatic nitrogens is 4. The molecule has 2 aromatic heterocycles. The summed E-state index contributed by atoms with van der Waals surface area (Å²) in [6, 6.07) is 13.8. The van der Waals surface area contributed by atoms with Gasteiger partial charge in [-0.2, -0.15) is 0 Å². The molecule has 0 saturated carbocycles. The van der Waals surface area contributed by atoms with Gasteiger partial charge in [0.1, 0.15) is 6.33 Å². The van der Waals surface area contributed by atoms with Crippen LogP contribution in [0, 0.1) is 0 Å². The molecule has 6 nitrogen and oxygen atoms in total. The van der Waals surface area contributed by atoms with Crippen LogP contribution in [0.4, 0.5) is 0 Å². The van der Waals surface area contributed by atoms with Crippen LogP contribution < -0.4 is 0 Å². The second kappa shape index (κ2) is 6.17. The number of nitrogens with zero attached hydrogens (tertiary/aromatic N) is 2. The monoisotopic (exact) mass is 294 g/mol. The molecule has 0 aliphatic carbocycles. The van der Waals surface area contributed by atoms with E-state index in [1.165, 1.54) is 11.9 Å². The Morgan fingerprint density at radius 3 is 2.50 bits per heavy atom. The number of aromatic amines is 2. The average Bonchev–Trinajstić information content (AvgIpc) is 3.19. The minimum atomic E-state index is -0.680. The van der Waals surface area contributed by atoms with Crippen molar-refractivity contribution >= 4 is 11.6 Å². The SMILES string of the molecule is O=C(Cc1ccc(Cc2ccccc2)[nH]1)C(=O)c1nc[nH]n1. The summed E-state index contributed by atoms with van der Waals surface area (Å²) >= 11 is 0. The Balaban J connectivity index is 1.64. The number of ketones is 2. The van der Waals surface area contributed by atoms with Crippen molar-refractivity contribution in [3.8, 4) is 0 Å². The minimum absolute atomic E-state index is 0.0160. The Morgan fingerprint density at radius 2 is 1.77 bits per heavy atom. The van der Waals surface area contributed by atoms with Crippen LogP contribution in [0.2, 0.25) is 0 Å². The van der Waals surface area contributed by atoms with E-state index in [9.17, 15) is 9.59 Å². The van der Waals surface area contributed by atoms with Crippen LogP contribution >= 0.6 is 0 Å². The lowest BCUT2D eigenvalue weighted by Gasteiger charge is -1.99. The molecule has 0 unspecified atom stereocenters. The van der Waals surface area contributed by atoms with Gasteiger partial charge in [0, 0.05) is 17.8 Å². The molecule has 110 valence electrons. The largest absolute Gasteiger partial charge is 0.362 e. The number of benzene rings is 1. The summed E-state index contributed by atoms with van der Waals surface area (Å²) in [6.45, 7) is 0. The van der Waals surface area contributed by atoms with Gasteiger partial charge in [0.2, 0.25) is 11.6 Å². The fourth-order valence-corrected chi connectivity index (χ4v) is 2.21. The zero-order valence-electron chi connectivity index (χ0n) is 11.7. The number of carbonyl (C=O) groups is 2. The standard InChI is InChI=1S/C16H14N4O2/c21-14(15(22)16-17-10-18-20-16)9-13-7-6-12(19-13)8-11-4-2-1-3-5-11/h1-7,10,19H,8-9H2,(H,17,18,20). The van der Waals surface area contributed by atoms with Crippen LogP contribution in [0.1, 0.15) is 27.6 Å². The van der Waals surface area contributed by atoms with Crippen LogP contribution in [0.5, 0.6) is 0 Å². The van der Waals surface area contributed by atoms with Crippen LogP contribution in [-0.4, -0.2) is 31.7 Å². The van der Waals surface area contributed by atoms with Crippen molar-refractivity contribution in [1.82, 2.24) is 20.2 Å². The van der Waals surface area contributed by atoms with Crippen molar-refractivity contribution in [3.05, 3.63) is 71.6 Å². The van der Waals surface area contributed by atoms with Gasteiger partial charge in [0.25, 0.3) is 5.78 Å². The predicted molar refractivity (Wildman–Crippen MR) is 79.5 cm³/mol. The van der Waals surface area contributed by atoms with Gasteiger partial charge >= 0.3 is 0 Å². The molecule has 0 aliphatic rings. The summed E-state index contributed by atoms with van der Waals surface area (Å²) in [6.07, 6.45) is 2.04. The number of hydrogen-bond acceptors (Lipinski definition) is 4. The summed E-state index contributed by atoms with van der Waals surface area (Å²) in [5, 5.41) is 6.04. The summed E-state index contributed by atoms with van der Waals surface area (Å²) in [7, 11) is 0. The Morgan fingerprint density at radius 1 is 1.00 bits per heavy atom. The van der Waals surface area contributed by atoms with Crippen LogP contribution in [0.3, 0.4) is 0 Å². The van der Waals surface area contributed by atoms with E-state index in [1.807, 2.05) is 42.5 Å². The molecule has 0 atom stereocenters. The van der Waals surface area contributed by atoms with Gasteiger partial charge in [-0.05, 0) is 17.7 Å². The first-order valence-corrected chi connectivity index (χ1v) is 6.86. The van der Waals surface area contributed by atoms with E-state index in [2.05, 4.69) is 20.2 Å². The predicted octanol–water partition coefficient (Wildman–Crippen LogP) is 1.72. The first-order valence-electron chi connectivity index (χ1n) is 6.86. The number of rotatable bonds is 6. The maximum Gasteiger partial charge on any atom is 0.267 e. The lowest BCUT2D eigenvalue weighted by atomic mass is 10.1. The number of nitrogens with one attached hydrogen (secondary N) is 2. The van der Waals surface area contributed by atoms with Crippen molar-refractivity contribution in [3.63, 3.8) is 0 Å². The molecule has 0 bridgehead atoms. The zero-order chi connectivity index (χ0) is 15.4. The van der Waals surface area contributed by atoms with Crippen molar-refractivity contribution < 1.29 is 9.59 Å². The molecular weight excluding hydrogens is 280 g/mol. The Kier molecular flexibility index (Phi) is 3.91. The quantitative estimate of drug-likeness (QED) is 0.535. The highest BCUT2D eigenvalue weighted by Crippen LogP contribution is 2.10. The van der Waals surface area contributed by atoms with Crippen LogP contribution in [0.15, 0.2) is 48.8 Å². The van der Waals surface area contributed by atoms with Gasteiger partial charge in [-0.25, -0.2) is 4.98 Å².